The molecule has 0 saturated carbocycles. The minimum absolute atomic E-state index is 0.00287. The Morgan fingerprint density at radius 1 is 1.18 bits per heavy atom. The molecule has 2 atom stereocenters. The highest BCUT2D eigenvalue weighted by molar-refractivity contribution is 7.21. The summed E-state index contributed by atoms with van der Waals surface area (Å²) in [6.45, 7) is 2.27. The first-order valence-corrected chi connectivity index (χ1v) is 13.0. The predicted octanol–water partition coefficient (Wildman–Crippen LogP) is 1.73. The van der Waals surface area contributed by atoms with Gasteiger partial charge < -0.3 is 19.5 Å². The summed E-state index contributed by atoms with van der Waals surface area (Å²) in [5.41, 5.74) is -0.117. The lowest BCUT2D eigenvalue weighted by Gasteiger charge is -2.23. The smallest absolute Gasteiger partial charge is 0.332 e. The van der Waals surface area contributed by atoms with E-state index < -0.39 is 29.2 Å². The number of methoxy groups -OCH3 is 2. The van der Waals surface area contributed by atoms with Crippen molar-refractivity contribution in [2.24, 2.45) is 0 Å². The second kappa shape index (κ2) is 11.1. The molecule has 0 spiro atoms. The molecule has 5 rings (SSSR count). The average molecular weight is 559 g/mol. The third-order valence-electron chi connectivity index (χ3n) is 6.63. The summed E-state index contributed by atoms with van der Waals surface area (Å²) in [6, 6.07) is 3.40. The Labute approximate surface area is 225 Å². The van der Waals surface area contributed by atoms with Crippen molar-refractivity contribution in [3.8, 4) is 10.8 Å². The topological polar surface area (TPSA) is 132 Å². The standard InChI is InChI=1S/C25H27FN6O6S/c1-14-21-22(34)31(16-11-20(33)27-12-16)25(35)30(24(21)39-23(14)32-28-6-7-29-32)13-19(38-9-8-36-2)17-10-15(26)4-5-18(17)37-3/h4-7,10,16,19H,8-9,11-13H2,1-3H3,(H,27,33). The highest BCUT2D eigenvalue weighted by atomic mass is 32.1. The number of hydrogen-bond donors (Lipinski definition) is 1. The lowest BCUT2D eigenvalue weighted by atomic mass is 10.1. The van der Waals surface area contributed by atoms with E-state index in [-0.39, 0.29) is 38.6 Å². The van der Waals surface area contributed by atoms with Gasteiger partial charge in [-0.2, -0.15) is 10.2 Å². The molecule has 39 heavy (non-hydrogen) atoms. The van der Waals surface area contributed by atoms with Crippen LogP contribution in [0.5, 0.6) is 5.75 Å². The lowest BCUT2D eigenvalue weighted by molar-refractivity contribution is -0.119. The van der Waals surface area contributed by atoms with Crippen LogP contribution in [-0.2, 0) is 20.8 Å². The second-order valence-electron chi connectivity index (χ2n) is 9.00. The minimum atomic E-state index is -0.838. The van der Waals surface area contributed by atoms with Crippen LogP contribution in [0.25, 0.3) is 15.2 Å². The Morgan fingerprint density at radius 3 is 2.62 bits per heavy atom. The summed E-state index contributed by atoms with van der Waals surface area (Å²) in [6.07, 6.45) is 2.19. The van der Waals surface area contributed by atoms with Crippen molar-refractivity contribution in [3.05, 3.63) is 68.4 Å². The second-order valence-corrected chi connectivity index (χ2v) is 9.98. The van der Waals surface area contributed by atoms with Gasteiger partial charge in [0.25, 0.3) is 5.56 Å². The summed E-state index contributed by atoms with van der Waals surface area (Å²) < 4.78 is 33.6. The fraction of sp³-hybridized carbons (Fsp3) is 0.400. The van der Waals surface area contributed by atoms with Crippen molar-refractivity contribution in [2.75, 3.05) is 34.0 Å². The van der Waals surface area contributed by atoms with Gasteiger partial charge >= 0.3 is 5.69 Å². The fourth-order valence-corrected chi connectivity index (χ4v) is 5.98. The molecular weight excluding hydrogens is 531 g/mol. The van der Waals surface area contributed by atoms with Gasteiger partial charge in [-0.05, 0) is 25.1 Å². The summed E-state index contributed by atoms with van der Waals surface area (Å²) in [4.78, 5) is 41.5. The highest BCUT2D eigenvalue weighted by Crippen LogP contribution is 2.34. The van der Waals surface area contributed by atoms with Gasteiger partial charge in [-0.15, -0.1) is 4.80 Å². The molecule has 1 amide bonds. The largest absolute Gasteiger partial charge is 0.496 e. The van der Waals surface area contributed by atoms with E-state index in [4.69, 9.17) is 14.2 Å². The van der Waals surface area contributed by atoms with E-state index in [9.17, 15) is 18.8 Å². The zero-order valence-electron chi connectivity index (χ0n) is 21.5. The van der Waals surface area contributed by atoms with Crippen LogP contribution in [0, 0.1) is 12.7 Å². The van der Waals surface area contributed by atoms with Gasteiger partial charge in [-0.1, -0.05) is 11.3 Å². The van der Waals surface area contributed by atoms with E-state index >= 15 is 0 Å². The number of nitrogens with one attached hydrogen (secondary N) is 1. The van der Waals surface area contributed by atoms with Crippen molar-refractivity contribution in [2.45, 2.75) is 32.0 Å². The number of halogens is 1. The molecule has 2 unspecified atom stereocenters. The van der Waals surface area contributed by atoms with Gasteiger partial charge in [0.1, 0.15) is 27.5 Å². The van der Waals surface area contributed by atoms with E-state index in [1.165, 1.54) is 65.5 Å². The number of amides is 1. The number of carbonyl (C=O) groups excluding carboxylic acids is 1. The first-order chi connectivity index (χ1) is 18.8. The zero-order chi connectivity index (χ0) is 27.7. The van der Waals surface area contributed by atoms with Crippen LogP contribution < -0.4 is 21.3 Å². The number of hydrogen-bond acceptors (Lipinski definition) is 9. The van der Waals surface area contributed by atoms with Crippen molar-refractivity contribution in [3.63, 3.8) is 0 Å². The Balaban J connectivity index is 1.73. The number of aromatic nitrogens is 5. The van der Waals surface area contributed by atoms with E-state index in [1.807, 2.05) is 0 Å². The maximum atomic E-state index is 14.4. The Kier molecular flexibility index (Phi) is 7.59. The molecule has 206 valence electrons. The first-order valence-electron chi connectivity index (χ1n) is 12.2. The molecule has 1 fully saturated rings. The molecule has 0 bridgehead atoms. The number of carbonyl (C=O) groups is 1. The number of ether oxygens (including phenoxy) is 3. The van der Waals surface area contributed by atoms with Crippen LogP contribution in [0.1, 0.15) is 29.7 Å². The van der Waals surface area contributed by atoms with E-state index in [1.54, 1.807) is 6.92 Å². The van der Waals surface area contributed by atoms with Crippen molar-refractivity contribution >= 4 is 27.5 Å². The van der Waals surface area contributed by atoms with Crippen LogP contribution in [0.3, 0.4) is 0 Å². The Hall–Kier alpha value is -3.88. The summed E-state index contributed by atoms with van der Waals surface area (Å²) in [5, 5.41) is 12.0. The average Bonchev–Trinajstić information content (AvgIpc) is 3.66. The minimum Gasteiger partial charge on any atom is -0.496 e. The SMILES string of the molecule is COCCOC(Cn1c(=O)n(C2CNC(=O)C2)c(=O)c2c(C)c(-n3nccn3)sc21)c1cc(F)ccc1OC. The molecule has 4 aromatic rings. The molecule has 3 aromatic heterocycles. The number of benzene rings is 1. The zero-order valence-corrected chi connectivity index (χ0v) is 22.4. The van der Waals surface area contributed by atoms with Crippen LogP contribution in [0.4, 0.5) is 4.39 Å². The third kappa shape index (κ3) is 4.97. The van der Waals surface area contributed by atoms with E-state index in [0.717, 1.165) is 4.57 Å². The molecular formula is C25H27FN6O6S. The molecule has 14 heteroatoms. The lowest BCUT2D eigenvalue weighted by Crippen LogP contribution is -2.43. The van der Waals surface area contributed by atoms with Crippen LogP contribution in [-0.4, -0.2) is 64.0 Å². The molecule has 1 aromatic carbocycles. The van der Waals surface area contributed by atoms with Crippen LogP contribution in [0.2, 0.25) is 0 Å². The van der Waals surface area contributed by atoms with Gasteiger partial charge in [0.15, 0.2) is 0 Å². The van der Waals surface area contributed by atoms with Crippen molar-refractivity contribution in [1.29, 1.82) is 0 Å². The number of thiophene rings is 1. The molecule has 4 heterocycles. The van der Waals surface area contributed by atoms with Gasteiger partial charge in [0, 0.05) is 31.2 Å². The van der Waals surface area contributed by atoms with E-state index in [0.29, 0.717) is 32.1 Å². The fourth-order valence-electron chi connectivity index (χ4n) is 4.76. The number of rotatable bonds is 10. The normalized spacial score (nSPS) is 16.1. The molecule has 1 aliphatic rings. The molecule has 0 aliphatic carbocycles. The predicted molar refractivity (Wildman–Crippen MR) is 140 cm³/mol. The maximum Gasteiger partial charge on any atom is 0.332 e. The molecule has 0 radical (unpaired) electrons. The highest BCUT2D eigenvalue weighted by Gasteiger charge is 2.31. The molecule has 1 saturated heterocycles. The van der Waals surface area contributed by atoms with Crippen molar-refractivity contribution < 1.29 is 23.4 Å². The van der Waals surface area contributed by atoms with Gasteiger partial charge in [0.05, 0.1) is 50.7 Å². The van der Waals surface area contributed by atoms with Crippen LogP contribution >= 0.6 is 11.3 Å². The quantitative estimate of drug-likeness (QED) is 0.291. The van der Waals surface area contributed by atoms with Gasteiger partial charge in [-0.3, -0.25) is 18.7 Å². The van der Waals surface area contributed by atoms with Crippen LogP contribution in [0.15, 0.2) is 40.2 Å². The van der Waals surface area contributed by atoms with E-state index in [2.05, 4.69) is 15.5 Å². The molecule has 1 aliphatic heterocycles. The Morgan fingerprint density at radius 2 is 1.95 bits per heavy atom. The maximum absolute atomic E-state index is 14.4. The summed E-state index contributed by atoms with van der Waals surface area (Å²) in [7, 11) is 2.99. The van der Waals surface area contributed by atoms with Gasteiger partial charge in [-0.25, -0.2) is 9.18 Å². The number of aryl methyl sites for hydroxylation is 1. The van der Waals surface area contributed by atoms with Crippen molar-refractivity contribution in [1.82, 2.24) is 29.4 Å². The Bertz CT molecular complexity index is 1630. The third-order valence-corrected chi connectivity index (χ3v) is 7.91. The first kappa shape index (κ1) is 26.7. The molecule has 1 N–H and O–H groups in total. The number of nitrogens with zero attached hydrogens (tertiary/aromatic N) is 5. The summed E-state index contributed by atoms with van der Waals surface area (Å²) in [5.74, 6) is -0.360. The molecule has 12 nitrogen and oxygen atoms in total. The van der Waals surface area contributed by atoms with Gasteiger partial charge in [0.2, 0.25) is 5.91 Å². The summed E-state index contributed by atoms with van der Waals surface area (Å²) >= 11 is 1.19. The number of fused-ring (bicyclic) bond motifs is 1. The monoisotopic (exact) mass is 558 g/mol.